The molecule has 1 unspecified atom stereocenters. The van der Waals surface area contributed by atoms with Crippen molar-refractivity contribution in [1.29, 1.82) is 0 Å². The fraction of sp³-hybridized carbons (Fsp3) is 0.556. The molecular weight excluding hydrogens is 310 g/mol. The molecular formula is C18H23NO5. The molecule has 1 aromatic rings. The Balaban J connectivity index is 1.70. The molecule has 0 bridgehead atoms. The van der Waals surface area contributed by atoms with Crippen LogP contribution >= 0.6 is 0 Å². The fourth-order valence-electron chi connectivity index (χ4n) is 3.67. The lowest BCUT2D eigenvalue weighted by molar-refractivity contribution is -0.157. The van der Waals surface area contributed by atoms with E-state index in [4.69, 9.17) is 9.47 Å². The highest BCUT2D eigenvalue weighted by Crippen LogP contribution is 2.42. The molecule has 0 aliphatic carbocycles. The second kappa shape index (κ2) is 6.43. The van der Waals surface area contributed by atoms with Gasteiger partial charge in [0.15, 0.2) is 6.10 Å². The first-order valence-corrected chi connectivity index (χ1v) is 8.25. The van der Waals surface area contributed by atoms with E-state index in [0.29, 0.717) is 31.9 Å². The van der Waals surface area contributed by atoms with Gasteiger partial charge in [-0.25, -0.2) is 0 Å². The minimum absolute atomic E-state index is 0.154. The molecule has 0 saturated carbocycles. The number of nitrogens with zero attached hydrogens (tertiary/aromatic N) is 1. The van der Waals surface area contributed by atoms with Gasteiger partial charge in [-0.1, -0.05) is 12.1 Å². The molecule has 2 heterocycles. The Morgan fingerprint density at radius 1 is 1.46 bits per heavy atom. The van der Waals surface area contributed by atoms with Gasteiger partial charge in [-0.2, -0.15) is 0 Å². The number of rotatable bonds is 4. The molecule has 6 nitrogen and oxygen atoms in total. The quantitative estimate of drug-likeness (QED) is 0.908. The van der Waals surface area contributed by atoms with Gasteiger partial charge in [-0.05, 0) is 38.0 Å². The van der Waals surface area contributed by atoms with E-state index >= 15 is 0 Å². The number of hydrogen-bond acceptors (Lipinski definition) is 4. The molecule has 2 saturated heterocycles. The maximum absolute atomic E-state index is 12.7. The van der Waals surface area contributed by atoms with Crippen LogP contribution < -0.4 is 4.74 Å². The molecule has 1 N–H and O–H groups in total. The smallest absolute Gasteiger partial charge is 0.311 e. The number of amides is 1. The van der Waals surface area contributed by atoms with E-state index in [2.05, 4.69) is 0 Å². The normalized spacial score (nSPS) is 27.4. The summed E-state index contributed by atoms with van der Waals surface area (Å²) in [6, 6.07) is 7.53. The third-order valence-electron chi connectivity index (χ3n) is 5.09. The van der Waals surface area contributed by atoms with E-state index in [-0.39, 0.29) is 18.4 Å². The van der Waals surface area contributed by atoms with Crippen molar-refractivity contribution in [2.24, 2.45) is 11.3 Å². The molecule has 0 aromatic heterocycles. The van der Waals surface area contributed by atoms with Crippen molar-refractivity contribution in [2.75, 3.05) is 26.3 Å². The first-order chi connectivity index (χ1) is 11.4. The molecule has 24 heavy (non-hydrogen) atoms. The number of ether oxygens (including phenoxy) is 2. The lowest BCUT2D eigenvalue weighted by Gasteiger charge is -2.33. The number of fused-ring (bicyclic) bond motifs is 1. The molecule has 1 amide bonds. The number of aliphatic carboxylic acids is 1. The summed E-state index contributed by atoms with van der Waals surface area (Å²) in [5.74, 6) is -0.521. The lowest BCUT2D eigenvalue weighted by Crippen LogP contribution is -2.45. The minimum atomic E-state index is -0.878. The number of hydrogen-bond donors (Lipinski definition) is 1. The van der Waals surface area contributed by atoms with Crippen LogP contribution in [0.25, 0.3) is 0 Å². The summed E-state index contributed by atoms with van der Waals surface area (Å²) in [6.07, 6.45) is -0.206. The van der Waals surface area contributed by atoms with E-state index < -0.39 is 17.5 Å². The van der Waals surface area contributed by atoms with Crippen LogP contribution in [0.15, 0.2) is 24.3 Å². The maximum Gasteiger partial charge on any atom is 0.311 e. The van der Waals surface area contributed by atoms with E-state index in [9.17, 15) is 14.7 Å². The van der Waals surface area contributed by atoms with Crippen LogP contribution in [0, 0.1) is 18.3 Å². The van der Waals surface area contributed by atoms with Gasteiger partial charge in [-0.15, -0.1) is 0 Å². The first kappa shape index (κ1) is 16.8. The van der Waals surface area contributed by atoms with Gasteiger partial charge in [0.2, 0.25) is 0 Å². The van der Waals surface area contributed by atoms with Crippen LogP contribution in [0.3, 0.4) is 0 Å². The number of benzene rings is 1. The summed E-state index contributed by atoms with van der Waals surface area (Å²) in [7, 11) is 0. The molecule has 3 atom stereocenters. The van der Waals surface area contributed by atoms with Crippen molar-refractivity contribution in [1.82, 2.24) is 4.90 Å². The van der Waals surface area contributed by atoms with Gasteiger partial charge in [0.1, 0.15) is 5.75 Å². The first-order valence-electron chi connectivity index (χ1n) is 8.25. The maximum atomic E-state index is 12.7. The zero-order valence-corrected chi connectivity index (χ0v) is 14.0. The van der Waals surface area contributed by atoms with Crippen molar-refractivity contribution in [3.05, 3.63) is 29.8 Å². The van der Waals surface area contributed by atoms with Gasteiger partial charge < -0.3 is 19.5 Å². The molecule has 2 aliphatic heterocycles. The van der Waals surface area contributed by atoms with Gasteiger partial charge >= 0.3 is 5.97 Å². The fourth-order valence-corrected chi connectivity index (χ4v) is 3.67. The van der Waals surface area contributed by atoms with Gasteiger partial charge in [0.05, 0.1) is 12.0 Å². The Labute approximate surface area is 141 Å². The van der Waals surface area contributed by atoms with E-state index in [0.717, 1.165) is 5.56 Å². The molecule has 0 spiro atoms. The number of carbonyl (C=O) groups is 2. The third kappa shape index (κ3) is 2.98. The summed E-state index contributed by atoms with van der Waals surface area (Å²) in [6.45, 7) is 5.13. The number of carboxylic acids is 1. The van der Waals surface area contributed by atoms with Crippen molar-refractivity contribution < 1.29 is 24.2 Å². The number of carbonyl (C=O) groups excluding carboxylic acids is 1. The highest BCUT2D eigenvalue weighted by atomic mass is 16.5. The second-order valence-corrected chi connectivity index (χ2v) is 6.78. The van der Waals surface area contributed by atoms with Crippen LogP contribution in [0.5, 0.6) is 5.75 Å². The van der Waals surface area contributed by atoms with Crippen LogP contribution in [0.4, 0.5) is 0 Å². The highest BCUT2D eigenvalue weighted by Gasteiger charge is 2.55. The van der Waals surface area contributed by atoms with Crippen LogP contribution in [-0.4, -0.2) is 54.3 Å². The van der Waals surface area contributed by atoms with Gasteiger partial charge in [0, 0.05) is 25.6 Å². The predicted octanol–water partition coefficient (Wildman–Crippen LogP) is 1.71. The summed E-state index contributed by atoms with van der Waals surface area (Å²) < 4.78 is 11.2. The SMILES string of the molecule is Cc1cccc(OC(C)C(=O)N2C[C@H]3COCC[C@@]3(C(=O)O)C2)c1. The molecule has 3 rings (SSSR count). The second-order valence-electron chi connectivity index (χ2n) is 6.78. The van der Waals surface area contributed by atoms with Crippen molar-refractivity contribution in [3.63, 3.8) is 0 Å². The Bertz CT molecular complexity index is 646. The number of aryl methyl sites for hydroxylation is 1. The molecule has 2 fully saturated rings. The largest absolute Gasteiger partial charge is 0.481 e. The zero-order valence-electron chi connectivity index (χ0n) is 14.0. The molecule has 1 aromatic carbocycles. The lowest BCUT2D eigenvalue weighted by atomic mass is 9.74. The van der Waals surface area contributed by atoms with Crippen molar-refractivity contribution in [2.45, 2.75) is 26.4 Å². The predicted molar refractivity (Wildman–Crippen MR) is 86.8 cm³/mol. The monoisotopic (exact) mass is 333 g/mol. The Kier molecular flexibility index (Phi) is 4.49. The van der Waals surface area contributed by atoms with Crippen LogP contribution in [-0.2, 0) is 14.3 Å². The van der Waals surface area contributed by atoms with E-state index in [1.165, 1.54) is 0 Å². The van der Waals surface area contributed by atoms with E-state index in [1.807, 2.05) is 31.2 Å². The van der Waals surface area contributed by atoms with E-state index in [1.54, 1.807) is 11.8 Å². The van der Waals surface area contributed by atoms with Crippen LogP contribution in [0.2, 0.25) is 0 Å². The zero-order chi connectivity index (χ0) is 17.3. The molecule has 0 radical (unpaired) electrons. The summed E-state index contributed by atoms with van der Waals surface area (Å²) in [5.41, 5.74) is 0.179. The van der Waals surface area contributed by atoms with Crippen LogP contribution in [0.1, 0.15) is 18.9 Å². The van der Waals surface area contributed by atoms with Crippen molar-refractivity contribution >= 4 is 11.9 Å². The number of likely N-dealkylation sites (tertiary alicyclic amines) is 1. The standard InChI is InChI=1S/C18H23NO5/c1-12-4-3-5-15(8-12)24-13(2)16(20)19-9-14-10-23-7-6-18(14,11-19)17(21)22/h3-5,8,13-14H,6-7,9-11H2,1-2H3,(H,21,22)/t13?,14-,18+/m0/s1. The Morgan fingerprint density at radius 2 is 2.25 bits per heavy atom. The molecule has 6 heteroatoms. The average molecular weight is 333 g/mol. The minimum Gasteiger partial charge on any atom is -0.481 e. The summed E-state index contributed by atoms with van der Waals surface area (Å²) in [5, 5.41) is 9.68. The summed E-state index contributed by atoms with van der Waals surface area (Å²) >= 11 is 0. The Hall–Kier alpha value is -2.08. The average Bonchev–Trinajstić information content (AvgIpc) is 2.95. The van der Waals surface area contributed by atoms with Crippen molar-refractivity contribution in [3.8, 4) is 5.75 Å². The molecule has 2 aliphatic rings. The third-order valence-corrected chi connectivity index (χ3v) is 5.09. The summed E-state index contributed by atoms with van der Waals surface area (Å²) in [4.78, 5) is 26.1. The van der Waals surface area contributed by atoms with Gasteiger partial charge in [-0.3, -0.25) is 9.59 Å². The highest BCUT2D eigenvalue weighted by molar-refractivity contribution is 5.84. The molecule has 130 valence electrons. The Morgan fingerprint density at radius 3 is 2.92 bits per heavy atom. The number of carboxylic acid groups (broad SMARTS) is 1. The van der Waals surface area contributed by atoms with Gasteiger partial charge in [0.25, 0.3) is 5.91 Å². The topological polar surface area (TPSA) is 76.1 Å².